The molecule has 0 aliphatic heterocycles. The molecule has 0 bridgehead atoms. The molecule has 0 aliphatic rings. The van der Waals surface area contributed by atoms with Gasteiger partial charge in [0.15, 0.2) is 5.25 Å². The van der Waals surface area contributed by atoms with Crippen LogP contribution in [-0.2, 0) is 10.0 Å². The Morgan fingerprint density at radius 3 is 2.18 bits per heavy atom. The van der Waals surface area contributed by atoms with Crippen LogP contribution < -0.4 is 4.72 Å². The van der Waals surface area contributed by atoms with E-state index < -0.39 is 20.7 Å². The summed E-state index contributed by atoms with van der Waals surface area (Å²) in [5.74, 6) is 0. The summed E-state index contributed by atoms with van der Waals surface area (Å²) in [6, 6.07) is 1.77. The van der Waals surface area contributed by atoms with Gasteiger partial charge in [-0.25, -0.2) is 13.1 Å². The lowest BCUT2D eigenvalue weighted by atomic mass is 9.84. The molecule has 6 heteroatoms. The second-order valence-electron chi connectivity index (χ2n) is 4.26. The van der Waals surface area contributed by atoms with Crippen LogP contribution in [0.25, 0.3) is 0 Å². The lowest BCUT2D eigenvalue weighted by Gasteiger charge is -2.29. The van der Waals surface area contributed by atoms with Crippen molar-refractivity contribution in [2.75, 3.05) is 13.2 Å². The number of nitrogens with one attached hydrogen (secondary N) is 1. The van der Waals surface area contributed by atoms with E-state index in [4.69, 9.17) is 5.26 Å². The minimum atomic E-state index is -3.61. The van der Waals surface area contributed by atoms with E-state index in [0.717, 1.165) is 0 Å². The Bertz CT molecular complexity index is 347. The Balaban J connectivity index is 4.71. The van der Waals surface area contributed by atoms with Gasteiger partial charge in [0.1, 0.15) is 0 Å². The Morgan fingerprint density at radius 2 is 1.88 bits per heavy atom. The molecule has 0 aliphatic carbocycles. The van der Waals surface area contributed by atoms with Gasteiger partial charge in [0.25, 0.3) is 0 Å². The zero-order chi connectivity index (χ0) is 13.5. The molecular weight excluding hydrogens is 240 g/mol. The highest BCUT2D eigenvalue weighted by molar-refractivity contribution is 7.90. The average molecular weight is 262 g/mol. The van der Waals surface area contributed by atoms with Crippen LogP contribution in [0, 0.1) is 16.7 Å². The smallest absolute Gasteiger partial charge is 0.227 e. The van der Waals surface area contributed by atoms with Crippen molar-refractivity contribution in [3.05, 3.63) is 0 Å². The van der Waals surface area contributed by atoms with Crippen molar-refractivity contribution in [2.45, 2.75) is 45.3 Å². The van der Waals surface area contributed by atoms with Gasteiger partial charge in [-0.05, 0) is 19.3 Å². The maximum absolute atomic E-state index is 11.8. The minimum Gasteiger partial charge on any atom is -0.396 e. The number of rotatable bonds is 8. The van der Waals surface area contributed by atoms with E-state index in [9.17, 15) is 13.5 Å². The van der Waals surface area contributed by atoms with Crippen LogP contribution in [0.15, 0.2) is 0 Å². The predicted molar refractivity (Wildman–Crippen MR) is 66.7 cm³/mol. The van der Waals surface area contributed by atoms with Crippen molar-refractivity contribution in [3.8, 4) is 6.07 Å². The third kappa shape index (κ3) is 4.26. The number of hydrogen-bond acceptors (Lipinski definition) is 4. The van der Waals surface area contributed by atoms with Crippen molar-refractivity contribution in [1.82, 2.24) is 4.72 Å². The highest BCUT2D eigenvalue weighted by Crippen LogP contribution is 2.24. The first-order chi connectivity index (χ1) is 7.91. The average Bonchev–Trinajstić information content (AvgIpc) is 2.33. The Hall–Kier alpha value is -0.640. The normalized spacial score (nSPS) is 14.3. The molecule has 0 aromatic rings. The first kappa shape index (κ1) is 16.4. The van der Waals surface area contributed by atoms with E-state index in [-0.39, 0.29) is 19.6 Å². The van der Waals surface area contributed by atoms with E-state index >= 15 is 0 Å². The molecule has 0 saturated carbocycles. The molecule has 0 fully saturated rings. The Kier molecular flexibility index (Phi) is 6.68. The van der Waals surface area contributed by atoms with Gasteiger partial charge < -0.3 is 5.11 Å². The topological polar surface area (TPSA) is 90.2 Å². The van der Waals surface area contributed by atoms with Gasteiger partial charge >= 0.3 is 0 Å². The molecule has 0 aromatic heterocycles. The van der Waals surface area contributed by atoms with Gasteiger partial charge in [0.05, 0.1) is 6.07 Å². The number of sulfonamides is 1. The Labute approximate surface area is 104 Å². The van der Waals surface area contributed by atoms with Gasteiger partial charge in [0, 0.05) is 18.6 Å². The monoisotopic (exact) mass is 262 g/mol. The van der Waals surface area contributed by atoms with Crippen LogP contribution in [0.2, 0.25) is 0 Å². The van der Waals surface area contributed by atoms with Crippen molar-refractivity contribution in [3.63, 3.8) is 0 Å². The van der Waals surface area contributed by atoms with Crippen LogP contribution in [-0.4, -0.2) is 31.9 Å². The first-order valence-corrected chi connectivity index (χ1v) is 7.45. The maximum atomic E-state index is 11.8. The number of aliphatic hydroxyl groups is 1. The molecule has 0 saturated heterocycles. The lowest BCUT2D eigenvalue weighted by molar-refractivity contribution is 0.119. The molecule has 0 spiro atoms. The summed E-state index contributed by atoms with van der Waals surface area (Å²) in [7, 11) is -3.61. The third-order valence-corrected chi connectivity index (χ3v) is 5.11. The maximum Gasteiger partial charge on any atom is 0.227 e. The number of nitriles is 1. The standard InChI is InChI=1S/C11H22N2O3S/c1-4-10(7-12)17(15,16)13-8-11(5-2,6-3)9-14/h10,13-14H,4-6,8-9H2,1-3H3. The summed E-state index contributed by atoms with van der Waals surface area (Å²) >= 11 is 0. The molecule has 0 aromatic carbocycles. The third-order valence-electron chi connectivity index (χ3n) is 3.37. The second kappa shape index (κ2) is 6.94. The summed E-state index contributed by atoms with van der Waals surface area (Å²) in [6.45, 7) is 5.60. The second-order valence-corrected chi connectivity index (χ2v) is 6.21. The fourth-order valence-corrected chi connectivity index (χ4v) is 2.80. The summed E-state index contributed by atoms with van der Waals surface area (Å²) < 4.78 is 26.0. The summed E-state index contributed by atoms with van der Waals surface area (Å²) in [5, 5.41) is 17.0. The highest BCUT2D eigenvalue weighted by atomic mass is 32.2. The fraction of sp³-hybridized carbons (Fsp3) is 0.909. The quantitative estimate of drug-likeness (QED) is 0.683. The Morgan fingerprint density at radius 1 is 1.35 bits per heavy atom. The van der Waals surface area contributed by atoms with Crippen LogP contribution >= 0.6 is 0 Å². The molecule has 0 rings (SSSR count). The van der Waals surface area contributed by atoms with Crippen LogP contribution in [0.1, 0.15) is 40.0 Å². The highest BCUT2D eigenvalue weighted by Gasteiger charge is 2.30. The number of aliphatic hydroxyl groups excluding tert-OH is 1. The molecular formula is C11H22N2O3S. The molecule has 100 valence electrons. The SMILES string of the molecule is CCC(C#N)S(=O)(=O)NCC(CC)(CC)CO. The van der Waals surface area contributed by atoms with Crippen molar-refractivity contribution in [1.29, 1.82) is 5.26 Å². The van der Waals surface area contributed by atoms with Gasteiger partial charge in [0.2, 0.25) is 10.0 Å². The zero-order valence-electron chi connectivity index (χ0n) is 10.7. The predicted octanol–water partition coefficient (Wildman–Crippen LogP) is 1.01. The lowest BCUT2D eigenvalue weighted by Crippen LogP contribution is -2.42. The van der Waals surface area contributed by atoms with Crippen molar-refractivity contribution in [2.24, 2.45) is 5.41 Å². The van der Waals surface area contributed by atoms with Gasteiger partial charge in [-0.2, -0.15) is 5.26 Å². The fourth-order valence-electron chi connectivity index (χ4n) is 1.51. The number of hydrogen-bond donors (Lipinski definition) is 2. The molecule has 5 nitrogen and oxygen atoms in total. The molecule has 1 atom stereocenters. The van der Waals surface area contributed by atoms with Crippen molar-refractivity contribution < 1.29 is 13.5 Å². The summed E-state index contributed by atoms with van der Waals surface area (Å²) in [6.07, 6.45) is 1.63. The van der Waals surface area contributed by atoms with E-state index in [1.54, 1.807) is 13.0 Å². The van der Waals surface area contributed by atoms with E-state index in [2.05, 4.69) is 4.72 Å². The zero-order valence-corrected chi connectivity index (χ0v) is 11.5. The molecule has 0 amide bonds. The summed E-state index contributed by atoms with van der Waals surface area (Å²) in [5.41, 5.74) is -0.430. The van der Waals surface area contributed by atoms with Crippen LogP contribution in [0.3, 0.4) is 0 Å². The summed E-state index contributed by atoms with van der Waals surface area (Å²) in [4.78, 5) is 0. The van der Waals surface area contributed by atoms with E-state index in [1.807, 2.05) is 13.8 Å². The number of nitrogens with zero attached hydrogens (tertiary/aromatic N) is 1. The van der Waals surface area contributed by atoms with Gasteiger partial charge in [-0.1, -0.05) is 20.8 Å². The molecule has 0 radical (unpaired) electrons. The largest absolute Gasteiger partial charge is 0.396 e. The van der Waals surface area contributed by atoms with Crippen molar-refractivity contribution >= 4 is 10.0 Å². The van der Waals surface area contributed by atoms with Crippen LogP contribution in [0.5, 0.6) is 0 Å². The molecule has 1 unspecified atom stereocenters. The first-order valence-electron chi connectivity index (χ1n) is 5.90. The molecule has 17 heavy (non-hydrogen) atoms. The van der Waals surface area contributed by atoms with E-state index in [1.165, 1.54) is 0 Å². The van der Waals surface area contributed by atoms with E-state index in [0.29, 0.717) is 12.8 Å². The van der Waals surface area contributed by atoms with Crippen LogP contribution in [0.4, 0.5) is 0 Å². The minimum absolute atomic E-state index is 0.0636. The van der Waals surface area contributed by atoms with Gasteiger partial charge in [-0.3, -0.25) is 0 Å². The molecule has 2 N–H and O–H groups in total. The molecule has 0 heterocycles. The van der Waals surface area contributed by atoms with Gasteiger partial charge in [-0.15, -0.1) is 0 Å².